The van der Waals surface area contributed by atoms with Gasteiger partial charge in [0.1, 0.15) is 0 Å². The van der Waals surface area contributed by atoms with Gasteiger partial charge in [0.2, 0.25) is 0 Å². The van der Waals surface area contributed by atoms with Gasteiger partial charge in [-0.05, 0) is 30.7 Å². The van der Waals surface area contributed by atoms with Crippen molar-refractivity contribution in [2.45, 2.75) is 6.92 Å². The zero-order chi connectivity index (χ0) is 14.1. The Hall–Kier alpha value is -2.07. The molecule has 1 heterocycles. The first-order chi connectivity index (χ1) is 9.65. The van der Waals surface area contributed by atoms with Gasteiger partial charge in [-0.15, -0.1) is 0 Å². The third-order valence-electron chi connectivity index (χ3n) is 3.25. The topological polar surface area (TPSA) is 50.9 Å². The number of rotatable bonds is 2. The van der Waals surface area contributed by atoms with Crippen molar-refractivity contribution in [2.75, 3.05) is 11.1 Å². The summed E-state index contributed by atoms with van der Waals surface area (Å²) in [4.78, 5) is 4.34. The molecule has 1 aromatic heterocycles. The fourth-order valence-corrected chi connectivity index (χ4v) is 2.49. The lowest BCUT2D eigenvalue weighted by molar-refractivity contribution is 1.39. The Morgan fingerprint density at radius 2 is 1.95 bits per heavy atom. The predicted molar refractivity (Wildman–Crippen MR) is 88.3 cm³/mol. The van der Waals surface area contributed by atoms with Gasteiger partial charge in [0.25, 0.3) is 0 Å². The number of nitrogen functional groups attached to an aromatic ring is 1. The third-order valence-corrected chi connectivity index (χ3v) is 4.10. The average Bonchev–Trinajstić information content (AvgIpc) is 2.46. The highest BCUT2D eigenvalue weighted by molar-refractivity contribution is 9.10. The molecule has 0 aliphatic heterocycles. The molecule has 0 fully saturated rings. The normalized spacial score (nSPS) is 10.7. The molecule has 0 unspecified atom stereocenters. The Bertz CT molecular complexity index is 784. The number of nitrogens with two attached hydrogens (primary N) is 1. The molecule has 0 spiro atoms. The monoisotopic (exact) mass is 327 g/mol. The summed E-state index contributed by atoms with van der Waals surface area (Å²) in [5.74, 6) is 0. The van der Waals surface area contributed by atoms with E-state index in [9.17, 15) is 0 Å². The molecular weight excluding hydrogens is 314 g/mol. The van der Waals surface area contributed by atoms with E-state index in [1.807, 2.05) is 36.4 Å². The van der Waals surface area contributed by atoms with E-state index in [4.69, 9.17) is 5.73 Å². The Balaban J connectivity index is 2.10. The van der Waals surface area contributed by atoms with E-state index in [2.05, 4.69) is 39.2 Å². The molecule has 0 bridgehead atoms. The zero-order valence-corrected chi connectivity index (χ0v) is 12.6. The van der Waals surface area contributed by atoms with Crippen LogP contribution in [-0.4, -0.2) is 4.98 Å². The molecule has 3 nitrogen and oxygen atoms in total. The van der Waals surface area contributed by atoms with E-state index in [1.54, 1.807) is 6.20 Å². The van der Waals surface area contributed by atoms with Crippen molar-refractivity contribution in [3.8, 4) is 0 Å². The minimum atomic E-state index is 0.639. The lowest BCUT2D eigenvalue weighted by atomic mass is 10.1. The molecule has 0 aliphatic carbocycles. The summed E-state index contributed by atoms with van der Waals surface area (Å²) in [6.45, 7) is 2.06. The molecule has 0 atom stereocenters. The number of pyridine rings is 1. The van der Waals surface area contributed by atoms with Crippen molar-refractivity contribution in [2.24, 2.45) is 0 Å². The summed E-state index contributed by atoms with van der Waals surface area (Å²) in [5.41, 5.74) is 10.7. The molecular formula is C16H14BrN3. The summed E-state index contributed by atoms with van der Waals surface area (Å²) in [6, 6.07) is 14.1. The number of anilines is 3. The van der Waals surface area contributed by atoms with Gasteiger partial charge in [-0.25, -0.2) is 0 Å². The van der Waals surface area contributed by atoms with Crippen molar-refractivity contribution in [3.05, 3.63) is 58.7 Å². The molecule has 4 heteroatoms. The minimum Gasteiger partial charge on any atom is -0.396 e. The number of para-hydroxylation sites is 1. The van der Waals surface area contributed by atoms with Crippen molar-refractivity contribution in [1.82, 2.24) is 4.98 Å². The van der Waals surface area contributed by atoms with Gasteiger partial charge >= 0.3 is 0 Å². The highest BCUT2D eigenvalue weighted by Gasteiger charge is 2.07. The van der Waals surface area contributed by atoms with E-state index in [1.165, 1.54) is 5.56 Å². The largest absolute Gasteiger partial charge is 0.396 e. The maximum Gasteiger partial charge on any atom is 0.0746 e. The van der Waals surface area contributed by atoms with Crippen LogP contribution < -0.4 is 11.1 Å². The van der Waals surface area contributed by atoms with E-state index >= 15 is 0 Å². The second-order valence-corrected chi connectivity index (χ2v) is 5.55. The third kappa shape index (κ3) is 2.34. The number of nitrogens with zero attached hydrogens (tertiary/aromatic N) is 1. The first-order valence-electron chi connectivity index (χ1n) is 6.31. The van der Waals surface area contributed by atoms with Crippen LogP contribution in [0.1, 0.15) is 5.56 Å². The van der Waals surface area contributed by atoms with E-state index in [-0.39, 0.29) is 0 Å². The SMILES string of the molecule is Cc1ccc(Nc2c(N)cnc3ccccc23)cc1Br. The molecule has 3 N–H and O–H groups in total. The number of hydrogen-bond donors (Lipinski definition) is 2. The van der Waals surface area contributed by atoms with Gasteiger partial charge in [0.05, 0.1) is 23.1 Å². The van der Waals surface area contributed by atoms with Gasteiger partial charge in [-0.1, -0.05) is 40.2 Å². The standard InChI is InChI=1S/C16H14BrN3/c1-10-6-7-11(8-13(10)17)20-16-12-4-2-3-5-15(12)19-9-14(16)18/h2-9H,18H2,1H3,(H,19,20). The minimum absolute atomic E-state index is 0.639. The van der Waals surface area contributed by atoms with E-state index < -0.39 is 0 Å². The van der Waals surface area contributed by atoms with Crippen LogP contribution in [0.5, 0.6) is 0 Å². The summed E-state index contributed by atoms with van der Waals surface area (Å²) < 4.78 is 1.07. The summed E-state index contributed by atoms with van der Waals surface area (Å²) in [7, 11) is 0. The molecule has 3 rings (SSSR count). The quantitative estimate of drug-likeness (QED) is 0.721. The predicted octanol–water partition coefficient (Wildman–Crippen LogP) is 4.63. The summed E-state index contributed by atoms with van der Waals surface area (Å²) in [6.07, 6.45) is 1.69. The lowest BCUT2D eigenvalue weighted by Crippen LogP contribution is -1.99. The highest BCUT2D eigenvalue weighted by Crippen LogP contribution is 2.31. The maximum atomic E-state index is 6.07. The van der Waals surface area contributed by atoms with Gasteiger partial charge in [-0.2, -0.15) is 0 Å². The molecule has 0 amide bonds. The van der Waals surface area contributed by atoms with Crippen molar-refractivity contribution >= 4 is 43.9 Å². The number of fused-ring (bicyclic) bond motifs is 1. The molecule has 0 saturated heterocycles. The molecule has 3 aromatic rings. The highest BCUT2D eigenvalue weighted by atomic mass is 79.9. The molecule has 0 radical (unpaired) electrons. The van der Waals surface area contributed by atoms with Crippen LogP contribution in [0.25, 0.3) is 10.9 Å². The number of aryl methyl sites for hydroxylation is 1. The lowest BCUT2D eigenvalue weighted by Gasteiger charge is -2.13. The Morgan fingerprint density at radius 1 is 1.15 bits per heavy atom. The second-order valence-electron chi connectivity index (χ2n) is 4.69. The second kappa shape index (κ2) is 5.13. The molecule has 0 saturated carbocycles. The van der Waals surface area contributed by atoms with Gasteiger partial charge in [-0.3, -0.25) is 4.98 Å². The fraction of sp³-hybridized carbons (Fsp3) is 0.0625. The van der Waals surface area contributed by atoms with Crippen LogP contribution >= 0.6 is 15.9 Å². The number of aromatic nitrogens is 1. The molecule has 20 heavy (non-hydrogen) atoms. The summed E-state index contributed by atoms with van der Waals surface area (Å²) >= 11 is 3.54. The molecule has 100 valence electrons. The van der Waals surface area contributed by atoms with Crippen LogP contribution in [-0.2, 0) is 0 Å². The van der Waals surface area contributed by atoms with Gasteiger partial charge < -0.3 is 11.1 Å². The van der Waals surface area contributed by atoms with Gasteiger partial charge in [0.15, 0.2) is 0 Å². The van der Waals surface area contributed by atoms with Crippen LogP contribution in [0.2, 0.25) is 0 Å². The van der Waals surface area contributed by atoms with Crippen LogP contribution in [0, 0.1) is 6.92 Å². The Labute approximate surface area is 126 Å². The first-order valence-corrected chi connectivity index (χ1v) is 7.11. The first kappa shape index (κ1) is 12.9. The van der Waals surface area contributed by atoms with E-state index in [0.717, 1.165) is 26.8 Å². The fourth-order valence-electron chi connectivity index (χ4n) is 2.11. The maximum absolute atomic E-state index is 6.07. The van der Waals surface area contributed by atoms with E-state index in [0.29, 0.717) is 5.69 Å². The smallest absolute Gasteiger partial charge is 0.0746 e. The van der Waals surface area contributed by atoms with Crippen LogP contribution in [0.15, 0.2) is 53.1 Å². The average molecular weight is 328 g/mol. The molecule has 0 aliphatic rings. The number of halogens is 1. The Kier molecular flexibility index (Phi) is 3.32. The van der Waals surface area contributed by atoms with Crippen molar-refractivity contribution in [3.63, 3.8) is 0 Å². The zero-order valence-electron chi connectivity index (χ0n) is 11.0. The number of nitrogens with one attached hydrogen (secondary N) is 1. The summed E-state index contributed by atoms with van der Waals surface area (Å²) in [5, 5.41) is 4.41. The van der Waals surface area contributed by atoms with Gasteiger partial charge in [0, 0.05) is 15.5 Å². The van der Waals surface area contributed by atoms with Crippen LogP contribution in [0.3, 0.4) is 0 Å². The molecule has 2 aromatic carbocycles. The van der Waals surface area contributed by atoms with Crippen molar-refractivity contribution in [1.29, 1.82) is 0 Å². The number of benzene rings is 2. The van der Waals surface area contributed by atoms with Crippen LogP contribution in [0.4, 0.5) is 17.1 Å². The number of hydrogen-bond acceptors (Lipinski definition) is 3. The van der Waals surface area contributed by atoms with Crippen molar-refractivity contribution < 1.29 is 0 Å². The Morgan fingerprint density at radius 3 is 2.75 bits per heavy atom.